The molecule has 3 aromatic carbocycles. The summed E-state index contributed by atoms with van der Waals surface area (Å²) in [6, 6.07) is 22.2. The van der Waals surface area contributed by atoms with Crippen molar-refractivity contribution in [3.8, 4) is 0 Å². The minimum absolute atomic E-state index is 0.162. The molecule has 4 rings (SSSR count). The Morgan fingerprint density at radius 3 is 2.43 bits per heavy atom. The summed E-state index contributed by atoms with van der Waals surface area (Å²) in [5, 5.41) is 24.4. The molecule has 0 radical (unpaired) electrons. The lowest BCUT2D eigenvalue weighted by atomic mass is 9.99. The largest absolute Gasteiger partial charge is 0.478 e. The van der Waals surface area contributed by atoms with E-state index in [0.717, 1.165) is 5.52 Å². The van der Waals surface area contributed by atoms with E-state index in [2.05, 4.69) is 10.0 Å². The van der Waals surface area contributed by atoms with Gasteiger partial charge in [0.05, 0.1) is 16.6 Å². The molecule has 0 aliphatic carbocycles. The lowest BCUT2D eigenvalue weighted by Gasteiger charge is -2.28. The van der Waals surface area contributed by atoms with Crippen molar-refractivity contribution in [2.24, 2.45) is 0 Å². The van der Waals surface area contributed by atoms with Gasteiger partial charge in [-0.1, -0.05) is 48.5 Å². The van der Waals surface area contributed by atoms with Crippen LogP contribution < -0.4 is 10.0 Å². The van der Waals surface area contributed by atoms with Crippen molar-refractivity contribution < 1.29 is 23.4 Å². The van der Waals surface area contributed by atoms with E-state index in [0.29, 0.717) is 29.6 Å². The third-order valence-corrected chi connectivity index (χ3v) is 7.74. The molecule has 0 saturated carbocycles. The van der Waals surface area contributed by atoms with Gasteiger partial charge in [0.15, 0.2) is 0 Å². The van der Waals surface area contributed by atoms with Crippen molar-refractivity contribution in [3.63, 3.8) is 0 Å². The topological polar surface area (TPSA) is 121 Å². The molecule has 37 heavy (non-hydrogen) atoms. The van der Waals surface area contributed by atoms with Crippen molar-refractivity contribution in [2.45, 2.75) is 43.4 Å². The fraction of sp³-hybridized carbons (Fsp3) is 0.250. The van der Waals surface area contributed by atoms with Gasteiger partial charge in [-0.2, -0.15) is 0 Å². The molecule has 0 saturated heterocycles. The maximum atomic E-state index is 12.6. The average Bonchev–Trinajstić information content (AvgIpc) is 3.26. The summed E-state index contributed by atoms with van der Waals surface area (Å²) in [5.41, 5.74) is 1.74. The minimum Gasteiger partial charge on any atom is -0.478 e. The number of hydrogen-bond donors (Lipinski definition) is 4. The Morgan fingerprint density at radius 1 is 1.00 bits per heavy atom. The number of aromatic nitrogens is 1. The summed E-state index contributed by atoms with van der Waals surface area (Å²) in [7, 11) is -3.73. The number of hydrogen-bond acceptors (Lipinski definition) is 5. The first-order valence-corrected chi connectivity index (χ1v) is 13.5. The highest BCUT2D eigenvalue weighted by Gasteiger charge is 2.21. The molecule has 9 heteroatoms. The van der Waals surface area contributed by atoms with Crippen molar-refractivity contribution in [1.29, 1.82) is 0 Å². The predicted molar refractivity (Wildman–Crippen MR) is 144 cm³/mol. The lowest BCUT2D eigenvalue weighted by Crippen LogP contribution is -2.42. The number of anilines is 1. The van der Waals surface area contributed by atoms with Crippen molar-refractivity contribution in [1.82, 2.24) is 9.88 Å². The number of aliphatic hydroxyl groups is 1. The highest BCUT2D eigenvalue weighted by atomic mass is 32.2. The summed E-state index contributed by atoms with van der Waals surface area (Å²) in [6.07, 6.45) is 1.50. The van der Waals surface area contributed by atoms with Gasteiger partial charge in [-0.05, 0) is 56.2 Å². The van der Waals surface area contributed by atoms with Gasteiger partial charge in [0, 0.05) is 41.4 Å². The van der Waals surface area contributed by atoms with E-state index < -0.39 is 22.1 Å². The Morgan fingerprint density at radius 2 is 1.70 bits per heavy atom. The predicted octanol–water partition coefficient (Wildman–Crippen LogP) is 4.63. The van der Waals surface area contributed by atoms with Crippen LogP contribution in [0.2, 0.25) is 0 Å². The zero-order valence-electron chi connectivity index (χ0n) is 20.8. The Balaban J connectivity index is 1.38. The zero-order chi connectivity index (χ0) is 26.6. The molecule has 8 nitrogen and oxygen atoms in total. The first-order valence-electron chi connectivity index (χ1n) is 12.0. The molecular formula is C28H31N3O5S. The van der Waals surface area contributed by atoms with E-state index in [9.17, 15) is 23.4 Å². The van der Waals surface area contributed by atoms with Gasteiger partial charge in [0.2, 0.25) is 0 Å². The first-order chi connectivity index (χ1) is 17.6. The van der Waals surface area contributed by atoms with Crippen LogP contribution in [0.5, 0.6) is 0 Å². The molecule has 0 bridgehead atoms. The number of carboxylic acid groups (broad SMARTS) is 1. The molecule has 1 heterocycles. The van der Waals surface area contributed by atoms with Gasteiger partial charge < -0.3 is 20.1 Å². The van der Waals surface area contributed by atoms with Gasteiger partial charge in [-0.25, -0.2) is 13.2 Å². The fourth-order valence-electron chi connectivity index (χ4n) is 4.20. The fourth-order valence-corrected chi connectivity index (χ4v) is 5.28. The third-order valence-electron chi connectivity index (χ3n) is 6.35. The molecule has 0 aliphatic rings. The molecule has 0 unspecified atom stereocenters. The second-order valence-electron chi connectivity index (χ2n) is 9.63. The van der Waals surface area contributed by atoms with Crippen LogP contribution in [-0.2, 0) is 16.6 Å². The van der Waals surface area contributed by atoms with Gasteiger partial charge >= 0.3 is 5.97 Å². The van der Waals surface area contributed by atoms with E-state index >= 15 is 0 Å². The molecule has 194 valence electrons. The number of benzene rings is 3. The molecule has 1 aromatic heterocycles. The summed E-state index contributed by atoms with van der Waals surface area (Å²) in [5.74, 6) is -0.955. The number of carboxylic acids is 1. The molecule has 0 spiro atoms. The number of aliphatic hydroxyl groups excluding tert-OH is 1. The summed E-state index contributed by atoms with van der Waals surface area (Å²) < 4.78 is 29.8. The molecule has 0 amide bonds. The summed E-state index contributed by atoms with van der Waals surface area (Å²) in [6.45, 7) is 4.90. The smallest absolute Gasteiger partial charge is 0.337 e. The number of para-hydroxylation sites is 1. The zero-order valence-corrected chi connectivity index (χ0v) is 21.6. The van der Waals surface area contributed by atoms with Crippen LogP contribution in [0.3, 0.4) is 0 Å². The quantitative estimate of drug-likeness (QED) is 0.228. The van der Waals surface area contributed by atoms with Crippen LogP contribution in [0.1, 0.15) is 42.3 Å². The maximum absolute atomic E-state index is 12.6. The van der Waals surface area contributed by atoms with E-state index in [1.807, 2.05) is 42.7 Å². The van der Waals surface area contributed by atoms with E-state index in [-0.39, 0.29) is 22.5 Å². The Hall–Kier alpha value is -3.66. The van der Waals surface area contributed by atoms with E-state index in [4.69, 9.17) is 0 Å². The van der Waals surface area contributed by atoms with Gasteiger partial charge in [-0.15, -0.1) is 0 Å². The summed E-state index contributed by atoms with van der Waals surface area (Å²) >= 11 is 0. The number of nitrogens with zero attached hydrogens (tertiary/aromatic N) is 1. The number of aromatic carboxylic acids is 1. The van der Waals surface area contributed by atoms with Gasteiger partial charge in [0.1, 0.15) is 0 Å². The first kappa shape index (κ1) is 26.4. The van der Waals surface area contributed by atoms with Crippen molar-refractivity contribution >= 4 is 32.6 Å². The second-order valence-corrected chi connectivity index (χ2v) is 11.3. The number of aryl methyl sites for hydroxylation is 1. The third kappa shape index (κ3) is 6.37. The lowest BCUT2D eigenvalue weighted by molar-refractivity contribution is 0.0698. The van der Waals surface area contributed by atoms with Crippen LogP contribution in [0.25, 0.3) is 10.9 Å². The standard InChI is InChI=1S/C28H31N3O5S/c1-28(2,15-16-31-19-24(27(33)34)23-13-6-7-14-25(23)31)29-18-26(32)20-9-8-10-21(17-20)30-37(35,36)22-11-4-3-5-12-22/h3-14,17,19,26,29-30,32H,15-16,18H2,1-2H3,(H,33,34)/t26-/m0/s1. The van der Waals surface area contributed by atoms with Crippen LogP contribution in [-0.4, -0.2) is 41.3 Å². The summed E-state index contributed by atoms with van der Waals surface area (Å²) in [4.78, 5) is 11.8. The molecule has 4 aromatic rings. The SMILES string of the molecule is CC(C)(CCn1cc(C(=O)O)c2ccccc21)NC[C@H](O)c1cccc(NS(=O)(=O)c2ccccc2)c1. The van der Waals surface area contributed by atoms with Crippen LogP contribution in [0.4, 0.5) is 5.69 Å². The van der Waals surface area contributed by atoms with Crippen molar-refractivity contribution in [2.75, 3.05) is 11.3 Å². The molecule has 0 aliphatic heterocycles. The Bertz CT molecular complexity index is 1500. The number of carbonyl (C=O) groups is 1. The van der Waals surface area contributed by atoms with Crippen LogP contribution in [0, 0.1) is 0 Å². The average molecular weight is 522 g/mol. The Labute approximate surface area is 216 Å². The minimum atomic E-state index is -3.73. The maximum Gasteiger partial charge on any atom is 0.337 e. The molecule has 4 N–H and O–H groups in total. The number of rotatable bonds is 11. The normalized spacial score (nSPS) is 12.9. The monoisotopic (exact) mass is 521 g/mol. The van der Waals surface area contributed by atoms with E-state index in [1.165, 1.54) is 12.1 Å². The van der Waals surface area contributed by atoms with Crippen molar-refractivity contribution in [3.05, 3.63) is 96.2 Å². The molecule has 1 atom stereocenters. The highest BCUT2D eigenvalue weighted by molar-refractivity contribution is 7.92. The van der Waals surface area contributed by atoms with E-state index in [1.54, 1.807) is 48.7 Å². The second kappa shape index (κ2) is 10.8. The van der Waals surface area contributed by atoms with Gasteiger partial charge in [-0.3, -0.25) is 4.72 Å². The highest BCUT2D eigenvalue weighted by Crippen LogP contribution is 2.24. The number of nitrogens with one attached hydrogen (secondary N) is 2. The molecule has 0 fully saturated rings. The number of fused-ring (bicyclic) bond motifs is 1. The number of β-amino-alcohol motifs (C(OH)–C–C–N with tert-alkyl or cyclic N) is 1. The Kier molecular flexibility index (Phi) is 7.68. The van der Waals surface area contributed by atoms with Crippen LogP contribution >= 0.6 is 0 Å². The van der Waals surface area contributed by atoms with Crippen LogP contribution in [0.15, 0.2) is 90.0 Å². The number of sulfonamides is 1. The van der Waals surface area contributed by atoms with Gasteiger partial charge in [0.25, 0.3) is 10.0 Å². The molecular weight excluding hydrogens is 490 g/mol.